The molecule has 2 aromatic rings. The molecule has 0 radical (unpaired) electrons. The zero-order valence-corrected chi connectivity index (χ0v) is 11.0. The lowest BCUT2D eigenvalue weighted by molar-refractivity contribution is -0.124. The van der Waals surface area contributed by atoms with Gasteiger partial charge in [-0.15, -0.1) is 0 Å². The van der Waals surface area contributed by atoms with Gasteiger partial charge in [0.25, 0.3) is 5.91 Å². The van der Waals surface area contributed by atoms with Gasteiger partial charge in [0.05, 0.1) is 11.6 Å². The number of hydrogen-bond acceptors (Lipinski definition) is 3. The van der Waals surface area contributed by atoms with Crippen LogP contribution in [0.3, 0.4) is 0 Å². The molecule has 0 saturated carbocycles. The Hall–Kier alpha value is -2.64. The molecule has 0 heterocycles. The molecular formula is C16H14N2O2. The Labute approximate surface area is 117 Å². The van der Waals surface area contributed by atoms with E-state index < -0.39 is 12.0 Å². The van der Waals surface area contributed by atoms with E-state index in [4.69, 9.17) is 5.26 Å². The molecule has 0 aliphatic rings. The van der Waals surface area contributed by atoms with Gasteiger partial charge in [0, 0.05) is 5.69 Å². The number of aliphatic hydroxyl groups is 1. The highest BCUT2D eigenvalue weighted by Crippen LogP contribution is 2.19. The molecule has 4 heteroatoms. The Balaban J connectivity index is 2.18. The molecule has 1 unspecified atom stereocenters. The van der Waals surface area contributed by atoms with Crippen molar-refractivity contribution < 1.29 is 9.90 Å². The molecule has 0 bridgehead atoms. The van der Waals surface area contributed by atoms with Gasteiger partial charge >= 0.3 is 0 Å². The molecule has 20 heavy (non-hydrogen) atoms. The molecule has 100 valence electrons. The molecule has 0 spiro atoms. The number of benzene rings is 2. The summed E-state index contributed by atoms with van der Waals surface area (Å²) >= 11 is 0. The van der Waals surface area contributed by atoms with Gasteiger partial charge in [0.1, 0.15) is 0 Å². The highest BCUT2D eigenvalue weighted by atomic mass is 16.3. The van der Waals surface area contributed by atoms with Gasteiger partial charge in [-0.25, -0.2) is 0 Å². The van der Waals surface area contributed by atoms with Gasteiger partial charge < -0.3 is 10.4 Å². The molecule has 0 fully saturated rings. The fourth-order valence-corrected chi connectivity index (χ4v) is 1.81. The summed E-state index contributed by atoms with van der Waals surface area (Å²) in [5.41, 5.74) is 2.35. The van der Waals surface area contributed by atoms with Crippen LogP contribution < -0.4 is 5.32 Å². The van der Waals surface area contributed by atoms with Crippen molar-refractivity contribution in [3.8, 4) is 6.07 Å². The van der Waals surface area contributed by atoms with E-state index in [-0.39, 0.29) is 0 Å². The van der Waals surface area contributed by atoms with Crippen LogP contribution >= 0.6 is 0 Å². The molecule has 2 N–H and O–H groups in total. The zero-order chi connectivity index (χ0) is 14.5. The van der Waals surface area contributed by atoms with Crippen LogP contribution in [0.1, 0.15) is 22.8 Å². The van der Waals surface area contributed by atoms with Crippen LogP contribution in [0.25, 0.3) is 0 Å². The van der Waals surface area contributed by atoms with Crippen molar-refractivity contribution in [1.29, 1.82) is 5.26 Å². The number of carbonyl (C=O) groups is 1. The SMILES string of the molecule is Cc1ccc(C#N)cc1NC(=O)C(O)c1ccccc1. The van der Waals surface area contributed by atoms with Gasteiger partial charge in [0.15, 0.2) is 6.10 Å². The summed E-state index contributed by atoms with van der Waals surface area (Å²) < 4.78 is 0. The van der Waals surface area contributed by atoms with Crippen molar-refractivity contribution in [3.05, 3.63) is 65.2 Å². The van der Waals surface area contributed by atoms with Crippen LogP contribution in [0.4, 0.5) is 5.69 Å². The Morgan fingerprint density at radius 2 is 1.95 bits per heavy atom. The van der Waals surface area contributed by atoms with Crippen molar-refractivity contribution in [1.82, 2.24) is 0 Å². The first kappa shape index (κ1) is 13.8. The molecule has 2 aromatic carbocycles. The minimum atomic E-state index is -1.23. The number of nitriles is 1. The average Bonchev–Trinajstić information content (AvgIpc) is 2.49. The smallest absolute Gasteiger partial charge is 0.257 e. The maximum absolute atomic E-state index is 12.0. The van der Waals surface area contributed by atoms with Gasteiger partial charge in [-0.1, -0.05) is 36.4 Å². The summed E-state index contributed by atoms with van der Waals surface area (Å²) in [5, 5.41) is 21.5. The quantitative estimate of drug-likeness (QED) is 0.896. The third kappa shape index (κ3) is 3.02. The fraction of sp³-hybridized carbons (Fsp3) is 0.125. The first-order chi connectivity index (χ1) is 9.61. The van der Waals surface area contributed by atoms with Crippen LogP contribution in [-0.4, -0.2) is 11.0 Å². The second kappa shape index (κ2) is 6.00. The summed E-state index contributed by atoms with van der Waals surface area (Å²) in [5.74, 6) is -0.519. The van der Waals surface area contributed by atoms with Crippen molar-refractivity contribution in [2.75, 3.05) is 5.32 Å². The van der Waals surface area contributed by atoms with Crippen LogP contribution in [0, 0.1) is 18.3 Å². The predicted molar refractivity (Wildman–Crippen MR) is 75.9 cm³/mol. The maximum Gasteiger partial charge on any atom is 0.257 e. The molecule has 2 rings (SSSR count). The molecule has 1 atom stereocenters. The molecule has 0 saturated heterocycles. The van der Waals surface area contributed by atoms with E-state index in [2.05, 4.69) is 5.32 Å². The van der Waals surface area contributed by atoms with Gasteiger partial charge in [0.2, 0.25) is 0 Å². The molecule has 0 aliphatic heterocycles. The van der Waals surface area contributed by atoms with E-state index in [1.54, 1.807) is 42.5 Å². The Kier molecular flexibility index (Phi) is 4.14. The summed E-state index contributed by atoms with van der Waals surface area (Å²) in [6.07, 6.45) is -1.23. The first-order valence-electron chi connectivity index (χ1n) is 6.16. The van der Waals surface area contributed by atoms with Crippen molar-refractivity contribution in [2.45, 2.75) is 13.0 Å². The molecule has 4 nitrogen and oxygen atoms in total. The van der Waals surface area contributed by atoms with E-state index in [0.29, 0.717) is 16.8 Å². The van der Waals surface area contributed by atoms with Crippen LogP contribution in [0.2, 0.25) is 0 Å². The Bertz CT molecular complexity index is 660. The number of hydrogen-bond donors (Lipinski definition) is 2. The average molecular weight is 266 g/mol. The van der Waals surface area contributed by atoms with E-state index in [9.17, 15) is 9.90 Å². The van der Waals surface area contributed by atoms with E-state index in [0.717, 1.165) is 5.56 Å². The number of rotatable bonds is 3. The second-order valence-electron chi connectivity index (χ2n) is 4.44. The Morgan fingerprint density at radius 1 is 1.25 bits per heavy atom. The number of nitrogens with zero attached hydrogens (tertiary/aromatic N) is 1. The number of anilines is 1. The molecule has 0 aromatic heterocycles. The van der Waals surface area contributed by atoms with Crippen molar-refractivity contribution in [2.24, 2.45) is 0 Å². The van der Waals surface area contributed by atoms with Crippen LogP contribution in [0.15, 0.2) is 48.5 Å². The van der Waals surface area contributed by atoms with Crippen LogP contribution in [0.5, 0.6) is 0 Å². The first-order valence-corrected chi connectivity index (χ1v) is 6.16. The topological polar surface area (TPSA) is 73.1 Å². The zero-order valence-electron chi connectivity index (χ0n) is 11.0. The van der Waals surface area contributed by atoms with E-state index >= 15 is 0 Å². The largest absolute Gasteiger partial charge is 0.378 e. The van der Waals surface area contributed by atoms with Crippen molar-refractivity contribution in [3.63, 3.8) is 0 Å². The second-order valence-corrected chi connectivity index (χ2v) is 4.44. The van der Waals surface area contributed by atoms with Crippen LogP contribution in [-0.2, 0) is 4.79 Å². The normalized spacial score (nSPS) is 11.4. The number of nitrogens with one attached hydrogen (secondary N) is 1. The standard InChI is InChI=1S/C16H14N2O2/c1-11-7-8-12(10-17)9-14(11)18-16(20)15(19)13-5-3-2-4-6-13/h2-9,15,19H,1H3,(H,18,20). The minimum Gasteiger partial charge on any atom is -0.378 e. The minimum absolute atomic E-state index is 0.458. The van der Waals surface area contributed by atoms with Gasteiger partial charge in [-0.2, -0.15) is 5.26 Å². The highest BCUT2D eigenvalue weighted by molar-refractivity contribution is 5.95. The molecule has 0 aliphatic carbocycles. The monoisotopic (exact) mass is 266 g/mol. The summed E-state index contributed by atoms with van der Waals surface area (Å²) in [4.78, 5) is 12.0. The Morgan fingerprint density at radius 3 is 2.60 bits per heavy atom. The lowest BCUT2D eigenvalue weighted by atomic mass is 10.1. The summed E-state index contributed by atoms with van der Waals surface area (Å²) in [6, 6.07) is 15.7. The number of amides is 1. The number of carbonyl (C=O) groups excluding carboxylic acids is 1. The third-order valence-electron chi connectivity index (χ3n) is 2.99. The van der Waals surface area contributed by atoms with E-state index in [1.165, 1.54) is 0 Å². The summed E-state index contributed by atoms with van der Waals surface area (Å²) in [6.45, 7) is 1.83. The number of aryl methyl sites for hydroxylation is 1. The lowest BCUT2D eigenvalue weighted by Gasteiger charge is -2.13. The predicted octanol–water partition coefficient (Wildman–Crippen LogP) is 2.54. The number of aliphatic hydroxyl groups excluding tert-OH is 1. The highest BCUT2D eigenvalue weighted by Gasteiger charge is 2.17. The molecular weight excluding hydrogens is 252 g/mol. The molecule has 1 amide bonds. The van der Waals surface area contributed by atoms with Gasteiger partial charge in [-0.3, -0.25) is 4.79 Å². The third-order valence-corrected chi connectivity index (χ3v) is 2.99. The van der Waals surface area contributed by atoms with Gasteiger partial charge in [-0.05, 0) is 30.2 Å². The summed E-state index contributed by atoms with van der Waals surface area (Å²) in [7, 11) is 0. The fourth-order valence-electron chi connectivity index (χ4n) is 1.81. The maximum atomic E-state index is 12.0. The van der Waals surface area contributed by atoms with E-state index in [1.807, 2.05) is 19.1 Å². The lowest BCUT2D eigenvalue weighted by Crippen LogP contribution is -2.21. The van der Waals surface area contributed by atoms with Crippen molar-refractivity contribution >= 4 is 11.6 Å².